The summed E-state index contributed by atoms with van der Waals surface area (Å²) < 4.78 is 10.1. The minimum atomic E-state index is -0.344. The first-order chi connectivity index (χ1) is 14.7. The van der Waals surface area contributed by atoms with Crippen LogP contribution in [0.15, 0.2) is 65.0 Å². The third-order valence-electron chi connectivity index (χ3n) is 5.19. The zero-order valence-corrected chi connectivity index (χ0v) is 17.9. The molecular weight excluding hydrogens is 396 g/mol. The number of esters is 1. The second-order valence-electron chi connectivity index (χ2n) is 7.11. The van der Waals surface area contributed by atoms with Gasteiger partial charge in [0, 0.05) is 18.7 Å². The van der Waals surface area contributed by atoms with Crippen LogP contribution in [-0.2, 0) is 11.2 Å². The van der Waals surface area contributed by atoms with Gasteiger partial charge in [-0.3, -0.25) is 0 Å². The number of hydrogen-bond acceptors (Lipinski definition) is 5. The van der Waals surface area contributed by atoms with E-state index in [1.165, 1.54) is 29.6 Å². The number of rotatable bonds is 6. The Kier molecular flexibility index (Phi) is 6.14. The monoisotopic (exact) mass is 420 g/mol. The molecule has 5 nitrogen and oxygen atoms in total. The number of carbonyl (C=O) groups is 1. The second kappa shape index (κ2) is 9.13. The third kappa shape index (κ3) is 4.39. The van der Waals surface area contributed by atoms with Gasteiger partial charge in [-0.25, -0.2) is 9.79 Å². The number of thiophene rings is 1. The van der Waals surface area contributed by atoms with Crippen molar-refractivity contribution in [1.82, 2.24) is 0 Å². The van der Waals surface area contributed by atoms with E-state index >= 15 is 0 Å². The van der Waals surface area contributed by atoms with Crippen molar-refractivity contribution in [3.63, 3.8) is 0 Å². The fourth-order valence-electron chi connectivity index (χ4n) is 3.60. The highest BCUT2D eigenvalue weighted by Gasteiger charge is 2.22. The molecule has 1 aliphatic heterocycles. The van der Waals surface area contributed by atoms with E-state index in [9.17, 15) is 4.79 Å². The van der Waals surface area contributed by atoms with E-state index in [0.717, 1.165) is 43.1 Å². The minimum absolute atomic E-state index is 0.344. The molecule has 0 unspecified atom stereocenters. The number of methoxy groups -OCH3 is 2. The topological polar surface area (TPSA) is 51.1 Å². The van der Waals surface area contributed by atoms with Crippen molar-refractivity contribution in [2.45, 2.75) is 19.3 Å². The van der Waals surface area contributed by atoms with Crippen LogP contribution in [0.2, 0.25) is 0 Å². The van der Waals surface area contributed by atoms with Gasteiger partial charge in [-0.05, 0) is 59.7 Å². The van der Waals surface area contributed by atoms with Gasteiger partial charge in [0.25, 0.3) is 0 Å². The molecule has 1 saturated heterocycles. The number of anilines is 1. The number of hydrogen-bond donors (Lipinski definition) is 0. The van der Waals surface area contributed by atoms with Crippen LogP contribution in [0.3, 0.4) is 0 Å². The van der Waals surface area contributed by atoms with Crippen LogP contribution in [-0.4, -0.2) is 32.6 Å². The number of nitrogens with zero attached hydrogens (tertiary/aromatic N) is 2. The number of carbonyl (C=O) groups excluding carboxylic acids is 1. The van der Waals surface area contributed by atoms with Gasteiger partial charge in [-0.15, -0.1) is 11.3 Å². The lowest BCUT2D eigenvalue weighted by atomic mass is 10.0. The van der Waals surface area contributed by atoms with Gasteiger partial charge in [-0.1, -0.05) is 24.3 Å². The Morgan fingerprint density at radius 2 is 1.73 bits per heavy atom. The van der Waals surface area contributed by atoms with E-state index in [-0.39, 0.29) is 5.97 Å². The minimum Gasteiger partial charge on any atom is -0.497 e. The molecule has 0 amide bonds. The van der Waals surface area contributed by atoms with Crippen LogP contribution in [0.25, 0.3) is 0 Å². The average molecular weight is 421 g/mol. The maximum Gasteiger partial charge on any atom is 0.340 e. The Morgan fingerprint density at radius 3 is 2.40 bits per heavy atom. The first-order valence-electron chi connectivity index (χ1n) is 9.90. The summed E-state index contributed by atoms with van der Waals surface area (Å²) in [6.07, 6.45) is 2.82. The van der Waals surface area contributed by atoms with Gasteiger partial charge in [0.1, 0.15) is 16.6 Å². The van der Waals surface area contributed by atoms with E-state index in [4.69, 9.17) is 14.5 Å². The lowest BCUT2D eigenvalue weighted by molar-refractivity contribution is 0.0602. The quantitative estimate of drug-likeness (QED) is 0.497. The van der Waals surface area contributed by atoms with Crippen LogP contribution in [0.4, 0.5) is 10.7 Å². The van der Waals surface area contributed by atoms with Crippen molar-refractivity contribution < 1.29 is 14.3 Å². The normalized spacial score (nSPS) is 14.9. The largest absolute Gasteiger partial charge is 0.497 e. The molecule has 154 valence electrons. The number of benzene rings is 2. The maximum absolute atomic E-state index is 11.9. The van der Waals surface area contributed by atoms with Gasteiger partial charge in [0.05, 0.1) is 19.8 Å². The van der Waals surface area contributed by atoms with Crippen LogP contribution >= 0.6 is 11.3 Å². The first kappa shape index (κ1) is 20.2. The molecular formula is C24H24N2O3S. The molecule has 6 heteroatoms. The van der Waals surface area contributed by atoms with Crippen LogP contribution < -0.4 is 9.64 Å². The highest BCUT2D eigenvalue weighted by molar-refractivity contribution is 7.14. The zero-order valence-electron chi connectivity index (χ0n) is 17.1. The standard InChI is InChI=1S/C24H24N2O3S/c1-28-20-11-7-18(8-12-20)16-17-5-9-19(10-6-17)26-14-3-4-22(26)25-23-21(13-15-30-23)24(27)29-2/h5-13,15H,3-4,14,16H2,1-2H3. The van der Waals surface area contributed by atoms with Crippen molar-refractivity contribution in [2.24, 2.45) is 4.99 Å². The molecule has 0 aliphatic carbocycles. The lowest BCUT2D eigenvalue weighted by Gasteiger charge is -2.19. The van der Waals surface area contributed by atoms with Crippen LogP contribution in [0, 0.1) is 0 Å². The highest BCUT2D eigenvalue weighted by atomic mass is 32.1. The van der Waals surface area contributed by atoms with E-state index < -0.39 is 0 Å². The summed E-state index contributed by atoms with van der Waals surface area (Å²) >= 11 is 1.46. The van der Waals surface area contributed by atoms with Crippen LogP contribution in [0.1, 0.15) is 34.3 Å². The predicted octanol–water partition coefficient (Wildman–Crippen LogP) is 5.46. The summed E-state index contributed by atoms with van der Waals surface area (Å²) in [4.78, 5) is 19.0. The van der Waals surface area contributed by atoms with Crippen molar-refractivity contribution >= 4 is 33.8 Å². The van der Waals surface area contributed by atoms with Crippen molar-refractivity contribution in [2.75, 3.05) is 25.7 Å². The molecule has 1 aliphatic rings. The fraction of sp³-hybridized carbons (Fsp3) is 0.250. The van der Waals surface area contributed by atoms with Gasteiger partial charge < -0.3 is 14.4 Å². The molecule has 0 N–H and O–H groups in total. The highest BCUT2D eigenvalue weighted by Crippen LogP contribution is 2.31. The maximum atomic E-state index is 11.9. The molecule has 0 spiro atoms. The summed E-state index contributed by atoms with van der Waals surface area (Å²) in [6, 6.07) is 18.6. The van der Waals surface area contributed by atoms with Gasteiger partial charge >= 0.3 is 5.97 Å². The van der Waals surface area contributed by atoms with E-state index in [1.54, 1.807) is 13.2 Å². The molecule has 1 fully saturated rings. The molecule has 0 saturated carbocycles. The van der Waals surface area contributed by atoms with Crippen molar-refractivity contribution in [3.8, 4) is 5.75 Å². The molecule has 0 bridgehead atoms. The molecule has 4 rings (SSSR count). The fourth-order valence-corrected chi connectivity index (χ4v) is 4.37. The second-order valence-corrected chi connectivity index (χ2v) is 8.00. The summed E-state index contributed by atoms with van der Waals surface area (Å²) in [5.41, 5.74) is 4.16. The summed E-state index contributed by atoms with van der Waals surface area (Å²) in [5.74, 6) is 1.52. The summed E-state index contributed by atoms with van der Waals surface area (Å²) in [5, 5.41) is 2.58. The number of aliphatic imine (C=N–C) groups is 1. The smallest absolute Gasteiger partial charge is 0.340 e. The molecule has 30 heavy (non-hydrogen) atoms. The van der Waals surface area contributed by atoms with E-state index in [0.29, 0.717) is 10.6 Å². The van der Waals surface area contributed by atoms with Crippen molar-refractivity contribution in [1.29, 1.82) is 0 Å². The Hall–Kier alpha value is -3.12. The molecule has 2 heterocycles. The number of amidine groups is 1. The molecule has 0 atom stereocenters. The van der Waals surface area contributed by atoms with Gasteiger partial charge in [0.2, 0.25) is 0 Å². The Labute approximate surface area is 180 Å². The summed E-state index contributed by atoms with van der Waals surface area (Å²) in [6.45, 7) is 0.926. The summed E-state index contributed by atoms with van der Waals surface area (Å²) in [7, 11) is 3.07. The third-order valence-corrected chi connectivity index (χ3v) is 6.00. The van der Waals surface area contributed by atoms with Gasteiger partial charge in [-0.2, -0.15) is 0 Å². The SMILES string of the molecule is COC(=O)c1ccsc1N=C1CCCN1c1ccc(Cc2ccc(OC)cc2)cc1. The zero-order chi connectivity index (χ0) is 20.9. The lowest BCUT2D eigenvalue weighted by Crippen LogP contribution is -2.23. The molecule has 0 radical (unpaired) electrons. The Balaban J connectivity index is 1.50. The van der Waals surface area contributed by atoms with Crippen LogP contribution in [0.5, 0.6) is 5.75 Å². The van der Waals surface area contributed by atoms with E-state index in [1.807, 2.05) is 17.5 Å². The Morgan fingerprint density at radius 1 is 1.03 bits per heavy atom. The Bertz CT molecular complexity index is 1040. The predicted molar refractivity (Wildman–Crippen MR) is 122 cm³/mol. The molecule has 2 aromatic carbocycles. The average Bonchev–Trinajstić information content (AvgIpc) is 3.44. The van der Waals surface area contributed by atoms with Gasteiger partial charge in [0.15, 0.2) is 0 Å². The van der Waals surface area contributed by atoms with Crippen molar-refractivity contribution in [3.05, 3.63) is 76.7 Å². The van der Waals surface area contributed by atoms with E-state index in [2.05, 4.69) is 41.3 Å². The first-order valence-corrected chi connectivity index (χ1v) is 10.8. The molecule has 3 aromatic rings. The number of ether oxygens (including phenoxy) is 2. The molecule has 1 aromatic heterocycles.